The highest BCUT2D eigenvalue weighted by molar-refractivity contribution is 5.39. The molecule has 0 amide bonds. The standard InChI is InChI=1S/C21H23F2N3O2/c1-13(24-11-15-7-17(27-3)10-18(8-15)28-4)19-12-25-26(14(19)2)21-6-5-16(22)9-20(21)23/h5-10,12-13,24H,11H2,1-4H3/t13-/m1/s1. The summed E-state index contributed by atoms with van der Waals surface area (Å²) >= 11 is 0. The van der Waals surface area contributed by atoms with Gasteiger partial charge in [0.1, 0.15) is 23.0 Å². The fraction of sp³-hybridized carbons (Fsp3) is 0.286. The maximum Gasteiger partial charge on any atom is 0.151 e. The summed E-state index contributed by atoms with van der Waals surface area (Å²) in [4.78, 5) is 0. The first-order valence-corrected chi connectivity index (χ1v) is 8.88. The number of methoxy groups -OCH3 is 2. The Morgan fingerprint density at radius 3 is 2.36 bits per heavy atom. The summed E-state index contributed by atoms with van der Waals surface area (Å²) in [7, 11) is 3.22. The highest BCUT2D eigenvalue weighted by atomic mass is 19.1. The van der Waals surface area contributed by atoms with Crippen LogP contribution in [0.3, 0.4) is 0 Å². The second-order valence-corrected chi connectivity index (χ2v) is 6.52. The summed E-state index contributed by atoms with van der Waals surface area (Å²) in [5, 5.41) is 7.71. The lowest BCUT2D eigenvalue weighted by molar-refractivity contribution is 0.392. The molecule has 1 atom stereocenters. The fourth-order valence-corrected chi connectivity index (χ4v) is 3.09. The molecule has 2 aromatic carbocycles. The number of nitrogens with zero attached hydrogens (tertiary/aromatic N) is 2. The third-order valence-corrected chi connectivity index (χ3v) is 4.68. The van der Waals surface area contributed by atoms with Gasteiger partial charge in [-0.1, -0.05) is 0 Å². The summed E-state index contributed by atoms with van der Waals surface area (Å²) in [6.45, 7) is 4.45. The fourth-order valence-electron chi connectivity index (χ4n) is 3.09. The predicted octanol–water partition coefficient (Wildman–Crippen LogP) is 4.33. The summed E-state index contributed by atoms with van der Waals surface area (Å²) in [5.74, 6) is 0.177. The summed E-state index contributed by atoms with van der Waals surface area (Å²) in [5.41, 5.74) is 2.94. The van der Waals surface area contributed by atoms with Gasteiger partial charge in [-0.05, 0) is 43.7 Å². The molecule has 0 aliphatic rings. The van der Waals surface area contributed by atoms with Crippen molar-refractivity contribution in [2.24, 2.45) is 0 Å². The summed E-state index contributed by atoms with van der Waals surface area (Å²) in [6, 6.07) is 9.12. The van der Waals surface area contributed by atoms with E-state index < -0.39 is 11.6 Å². The van der Waals surface area contributed by atoms with Crippen molar-refractivity contribution in [2.45, 2.75) is 26.4 Å². The molecule has 1 heterocycles. The van der Waals surface area contributed by atoms with Crippen molar-refractivity contribution in [3.8, 4) is 17.2 Å². The zero-order valence-electron chi connectivity index (χ0n) is 16.3. The molecule has 0 spiro atoms. The van der Waals surface area contributed by atoms with Crippen molar-refractivity contribution in [3.05, 3.63) is 71.1 Å². The lowest BCUT2D eigenvalue weighted by Gasteiger charge is -2.15. The Morgan fingerprint density at radius 2 is 1.75 bits per heavy atom. The van der Waals surface area contributed by atoms with E-state index in [4.69, 9.17) is 9.47 Å². The average molecular weight is 387 g/mol. The van der Waals surface area contributed by atoms with Crippen molar-refractivity contribution in [1.82, 2.24) is 15.1 Å². The van der Waals surface area contributed by atoms with Gasteiger partial charge < -0.3 is 14.8 Å². The van der Waals surface area contributed by atoms with Crippen LogP contribution in [0.2, 0.25) is 0 Å². The molecule has 1 aromatic heterocycles. The van der Waals surface area contributed by atoms with Crippen LogP contribution in [0.4, 0.5) is 8.78 Å². The van der Waals surface area contributed by atoms with E-state index in [2.05, 4.69) is 10.4 Å². The van der Waals surface area contributed by atoms with E-state index in [9.17, 15) is 8.78 Å². The molecule has 0 saturated carbocycles. The molecule has 7 heteroatoms. The molecule has 5 nitrogen and oxygen atoms in total. The van der Waals surface area contributed by atoms with Gasteiger partial charge in [0.2, 0.25) is 0 Å². The number of nitrogens with one attached hydrogen (secondary N) is 1. The zero-order chi connectivity index (χ0) is 20.3. The van der Waals surface area contributed by atoms with E-state index in [-0.39, 0.29) is 11.7 Å². The minimum Gasteiger partial charge on any atom is -0.497 e. The topological polar surface area (TPSA) is 48.3 Å². The third-order valence-electron chi connectivity index (χ3n) is 4.68. The molecule has 0 aliphatic carbocycles. The van der Waals surface area contributed by atoms with Crippen molar-refractivity contribution < 1.29 is 18.3 Å². The van der Waals surface area contributed by atoms with Crippen LogP contribution in [-0.4, -0.2) is 24.0 Å². The van der Waals surface area contributed by atoms with Crippen molar-refractivity contribution in [1.29, 1.82) is 0 Å². The Morgan fingerprint density at radius 1 is 1.07 bits per heavy atom. The molecule has 0 fully saturated rings. The number of rotatable bonds is 7. The van der Waals surface area contributed by atoms with Crippen LogP contribution < -0.4 is 14.8 Å². The molecule has 0 aliphatic heterocycles. The lowest BCUT2D eigenvalue weighted by Crippen LogP contribution is -2.18. The second-order valence-electron chi connectivity index (χ2n) is 6.52. The summed E-state index contributed by atoms with van der Waals surface area (Å²) in [6.07, 6.45) is 1.70. The molecular weight excluding hydrogens is 364 g/mol. The smallest absolute Gasteiger partial charge is 0.151 e. The number of hydrogen-bond acceptors (Lipinski definition) is 4. The molecule has 0 saturated heterocycles. The first-order chi connectivity index (χ1) is 13.4. The van der Waals surface area contributed by atoms with Crippen LogP contribution in [0, 0.1) is 18.6 Å². The highest BCUT2D eigenvalue weighted by Crippen LogP contribution is 2.25. The molecule has 3 aromatic rings. The Hall–Kier alpha value is -2.93. The van der Waals surface area contributed by atoms with E-state index in [1.54, 1.807) is 20.4 Å². The molecular formula is C21H23F2N3O2. The van der Waals surface area contributed by atoms with Crippen molar-refractivity contribution in [3.63, 3.8) is 0 Å². The highest BCUT2D eigenvalue weighted by Gasteiger charge is 2.16. The summed E-state index contributed by atoms with van der Waals surface area (Å²) < 4.78 is 39.3. The van der Waals surface area contributed by atoms with Gasteiger partial charge in [-0.15, -0.1) is 0 Å². The van der Waals surface area contributed by atoms with E-state index >= 15 is 0 Å². The average Bonchev–Trinajstić information content (AvgIpc) is 3.07. The van der Waals surface area contributed by atoms with Crippen LogP contribution in [-0.2, 0) is 6.54 Å². The van der Waals surface area contributed by atoms with Gasteiger partial charge >= 0.3 is 0 Å². The van der Waals surface area contributed by atoms with E-state index in [0.717, 1.165) is 34.4 Å². The molecule has 1 N–H and O–H groups in total. The molecule has 28 heavy (non-hydrogen) atoms. The van der Waals surface area contributed by atoms with Crippen LogP contribution in [0.5, 0.6) is 11.5 Å². The van der Waals surface area contributed by atoms with Gasteiger partial charge in [-0.2, -0.15) is 5.10 Å². The van der Waals surface area contributed by atoms with Gasteiger partial charge in [0.05, 0.1) is 20.4 Å². The van der Waals surface area contributed by atoms with Gasteiger partial charge in [-0.3, -0.25) is 0 Å². The molecule has 3 rings (SSSR count). The van der Waals surface area contributed by atoms with Crippen molar-refractivity contribution in [2.75, 3.05) is 14.2 Å². The molecule has 0 radical (unpaired) electrons. The monoisotopic (exact) mass is 387 g/mol. The van der Waals surface area contributed by atoms with Crippen molar-refractivity contribution >= 4 is 0 Å². The van der Waals surface area contributed by atoms with Crippen LogP contribution in [0.1, 0.15) is 29.8 Å². The number of halogens is 2. The van der Waals surface area contributed by atoms with Crippen LogP contribution in [0.15, 0.2) is 42.6 Å². The minimum absolute atomic E-state index is 0.0329. The van der Waals surface area contributed by atoms with Crippen LogP contribution in [0.25, 0.3) is 5.69 Å². The number of hydrogen-bond donors (Lipinski definition) is 1. The Balaban J connectivity index is 1.77. The SMILES string of the molecule is COc1cc(CN[C@H](C)c2cnn(-c3ccc(F)cc3F)c2C)cc(OC)c1. The van der Waals surface area contributed by atoms with E-state index in [0.29, 0.717) is 6.54 Å². The van der Waals surface area contributed by atoms with Crippen LogP contribution >= 0.6 is 0 Å². The Kier molecular flexibility index (Phi) is 5.94. The molecule has 148 valence electrons. The normalized spacial score (nSPS) is 12.1. The predicted molar refractivity (Wildman–Crippen MR) is 103 cm³/mol. The van der Waals surface area contributed by atoms with E-state index in [1.165, 1.54) is 16.8 Å². The first kappa shape index (κ1) is 19.8. The maximum absolute atomic E-state index is 14.1. The molecule has 0 bridgehead atoms. The number of aromatic nitrogens is 2. The van der Waals surface area contributed by atoms with Gasteiger partial charge in [0, 0.05) is 36.0 Å². The second kappa shape index (κ2) is 8.39. The van der Waals surface area contributed by atoms with Gasteiger partial charge in [0.15, 0.2) is 5.82 Å². The van der Waals surface area contributed by atoms with Gasteiger partial charge in [0.25, 0.3) is 0 Å². The Bertz CT molecular complexity index is 950. The zero-order valence-corrected chi connectivity index (χ0v) is 16.3. The maximum atomic E-state index is 14.1. The minimum atomic E-state index is -0.651. The largest absolute Gasteiger partial charge is 0.497 e. The Labute approximate surface area is 162 Å². The number of benzene rings is 2. The quantitative estimate of drug-likeness (QED) is 0.656. The lowest BCUT2D eigenvalue weighted by atomic mass is 10.1. The van der Waals surface area contributed by atoms with Gasteiger partial charge in [-0.25, -0.2) is 13.5 Å². The van der Waals surface area contributed by atoms with E-state index in [1.807, 2.05) is 32.0 Å². The third kappa shape index (κ3) is 4.14. The number of ether oxygens (including phenoxy) is 2. The molecule has 0 unspecified atom stereocenters. The first-order valence-electron chi connectivity index (χ1n) is 8.88.